The summed E-state index contributed by atoms with van der Waals surface area (Å²) in [6.45, 7) is 6.86. The van der Waals surface area contributed by atoms with Gasteiger partial charge in [0.15, 0.2) is 5.76 Å². The van der Waals surface area contributed by atoms with E-state index < -0.39 is 0 Å². The van der Waals surface area contributed by atoms with Crippen LogP contribution in [0, 0.1) is 11.3 Å². The second kappa shape index (κ2) is 9.46. The summed E-state index contributed by atoms with van der Waals surface area (Å²) in [6.07, 6.45) is 8.89. The van der Waals surface area contributed by atoms with Crippen molar-refractivity contribution in [1.82, 2.24) is 10.2 Å². The average molecular weight is 459 g/mol. The highest BCUT2D eigenvalue weighted by Gasteiger charge is 2.46. The molecule has 1 heterocycles. The first-order chi connectivity index (χ1) is 15.2. The molecule has 3 atom stereocenters. The van der Waals surface area contributed by atoms with Crippen molar-refractivity contribution in [3.63, 3.8) is 0 Å². The third-order valence-electron chi connectivity index (χ3n) is 7.33. The summed E-state index contributed by atoms with van der Waals surface area (Å²) in [4.78, 5) is 28.2. The van der Waals surface area contributed by atoms with Gasteiger partial charge in [0.05, 0.1) is 6.04 Å². The van der Waals surface area contributed by atoms with E-state index in [1.165, 1.54) is 0 Å². The highest BCUT2D eigenvalue weighted by Crippen LogP contribution is 2.42. The van der Waals surface area contributed by atoms with Crippen LogP contribution in [-0.4, -0.2) is 41.4 Å². The van der Waals surface area contributed by atoms with E-state index in [2.05, 4.69) is 26.1 Å². The van der Waals surface area contributed by atoms with Crippen LogP contribution in [0.5, 0.6) is 0 Å². The first kappa shape index (κ1) is 23.2. The van der Waals surface area contributed by atoms with Crippen molar-refractivity contribution in [2.45, 2.75) is 83.9 Å². The lowest BCUT2D eigenvalue weighted by molar-refractivity contribution is -0.154. The van der Waals surface area contributed by atoms with E-state index in [-0.39, 0.29) is 42.0 Å². The van der Waals surface area contributed by atoms with Gasteiger partial charge in [0.2, 0.25) is 5.91 Å². The molecule has 1 aromatic rings. The van der Waals surface area contributed by atoms with Gasteiger partial charge in [-0.1, -0.05) is 57.3 Å². The predicted octanol–water partition coefficient (Wildman–Crippen LogP) is 5.18. The Bertz CT molecular complexity index is 868. The summed E-state index contributed by atoms with van der Waals surface area (Å²) in [5.74, 6) is 0.547. The zero-order valence-electron chi connectivity index (χ0n) is 19.4. The molecular formula is C26H35ClN2O3. The second-order valence-electron chi connectivity index (χ2n) is 10.6. The van der Waals surface area contributed by atoms with Gasteiger partial charge in [-0.05, 0) is 67.2 Å². The van der Waals surface area contributed by atoms with Crippen molar-refractivity contribution in [3.8, 4) is 0 Å². The van der Waals surface area contributed by atoms with E-state index in [0.717, 1.165) is 50.5 Å². The van der Waals surface area contributed by atoms with Crippen LogP contribution in [0.2, 0.25) is 5.02 Å². The van der Waals surface area contributed by atoms with Crippen molar-refractivity contribution in [2.75, 3.05) is 6.54 Å². The topological polar surface area (TPSA) is 58.6 Å². The van der Waals surface area contributed by atoms with Crippen LogP contribution in [0.3, 0.4) is 0 Å². The molecule has 0 bridgehead atoms. The standard InChI is InChI=1S/C26H35ClN2O3/c1-26(2,3)18-10-13-22-21(15-18)29(16-24(30)28-20-6-4-5-7-20)25(31)23(32-22)14-17-8-11-19(27)12-9-17/h8-9,11-12,14,18,20-22H,4-7,10,13,15-16H2,1-3H3,(H,28,30)/b23-14+. The Balaban J connectivity index is 1.57. The van der Waals surface area contributed by atoms with Gasteiger partial charge in [0.25, 0.3) is 5.91 Å². The molecule has 4 rings (SSSR count). The maximum Gasteiger partial charge on any atom is 0.289 e. The molecule has 1 aliphatic heterocycles. The normalized spacial score (nSPS) is 27.9. The summed E-state index contributed by atoms with van der Waals surface area (Å²) in [5, 5.41) is 3.79. The largest absolute Gasteiger partial charge is 0.482 e. The molecule has 0 radical (unpaired) electrons. The SMILES string of the molecule is CC(C)(C)C1CCC2O/C(=C/c3ccc(Cl)cc3)C(=O)N(CC(=O)NC3CCCC3)C2C1. The molecule has 6 heteroatoms. The van der Waals surface area contributed by atoms with E-state index in [0.29, 0.717) is 16.7 Å². The molecule has 0 aromatic heterocycles. The summed E-state index contributed by atoms with van der Waals surface area (Å²) in [7, 11) is 0. The Hall–Kier alpha value is -2.01. The smallest absolute Gasteiger partial charge is 0.289 e. The Morgan fingerprint density at radius 3 is 2.50 bits per heavy atom. The average Bonchev–Trinajstić information content (AvgIpc) is 3.24. The molecule has 174 valence electrons. The lowest BCUT2D eigenvalue weighted by Gasteiger charge is -2.48. The van der Waals surface area contributed by atoms with Gasteiger partial charge in [0, 0.05) is 11.1 Å². The minimum atomic E-state index is -0.197. The van der Waals surface area contributed by atoms with Crippen molar-refractivity contribution >= 4 is 29.5 Å². The lowest BCUT2D eigenvalue weighted by Crippen LogP contribution is -2.59. The van der Waals surface area contributed by atoms with E-state index in [9.17, 15) is 9.59 Å². The number of benzene rings is 1. The molecule has 1 saturated heterocycles. The number of halogens is 1. The van der Waals surface area contributed by atoms with Crippen LogP contribution in [0.25, 0.3) is 6.08 Å². The van der Waals surface area contributed by atoms with Gasteiger partial charge in [-0.2, -0.15) is 0 Å². The van der Waals surface area contributed by atoms with Gasteiger partial charge in [-0.25, -0.2) is 0 Å². The summed E-state index contributed by atoms with van der Waals surface area (Å²) in [5.41, 5.74) is 1.01. The number of morpholine rings is 1. The van der Waals surface area contributed by atoms with Crippen LogP contribution >= 0.6 is 11.6 Å². The zero-order valence-corrected chi connectivity index (χ0v) is 20.2. The molecular weight excluding hydrogens is 424 g/mol. The van der Waals surface area contributed by atoms with E-state index >= 15 is 0 Å². The third kappa shape index (κ3) is 5.31. The number of carbonyl (C=O) groups excluding carboxylic acids is 2. The minimum absolute atomic E-state index is 0.0605. The quantitative estimate of drug-likeness (QED) is 0.632. The number of carbonyl (C=O) groups is 2. The van der Waals surface area contributed by atoms with Crippen LogP contribution in [0.15, 0.2) is 30.0 Å². The van der Waals surface area contributed by atoms with Gasteiger partial charge in [-0.15, -0.1) is 0 Å². The number of rotatable bonds is 4. The van der Waals surface area contributed by atoms with Gasteiger partial charge >= 0.3 is 0 Å². The number of amides is 2. The summed E-state index contributed by atoms with van der Waals surface area (Å²) >= 11 is 6.00. The Morgan fingerprint density at radius 1 is 1.16 bits per heavy atom. The van der Waals surface area contributed by atoms with Crippen LogP contribution < -0.4 is 5.32 Å². The Morgan fingerprint density at radius 2 is 1.84 bits per heavy atom. The number of ether oxygens (including phenoxy) is 1. The number of hydrogen-bond acceptors (Lipinski definition) is 3. The maximum absolute atomic E-state index is 13.5. The van der Waals surface area contributed by atoms with E-state index in [4.69, 9.17) is 16.3 Å². The highest BCUT2D eigenvalue weighted by molar-refractivity contribution is 6.30. The number of hydrogen-bond donors (Lipinski definition) is 1. The summed E-state index contributed by atoms with van der Waals surface area (Å²) < 4.78 is 6.25. The molecule has 0 spiro atoms. The van der Waals surface area contributed by atoms with Crippen molar-refractivity contribution < 1.29 is 14.3 Å². The monoisotopic (exact) mass is 458 g/mol. The van der Waals surface area contributed by atoms with Crippen molar-refractivity contribution in [3.05, 3.63) is 40.6 Å². The van der Waals surface area contributed by atoms with E-state index in [1.54, 1.807) is 23.1 Å². The first-order valence-electron chi connectivity index (χ1n) is 11.9. The molecule has 2 aliphatic carbocycles. The van der Waals surface area contributed by atoms with Gasteiger partial charge in [-0.3, -0.25) is 9.59 Å². The molecule has 2 amide bonds. The number of fused-ring (bicyclic) bond motifs is 1. The summed E-state index contributed by atoms with van der Waals surface area (Å²) in [6, 6.07) is 7.50. The molecule has 3 fully saturated rings. The molecule has 3 aliphatic rings. The molecule has 5 nitrogen and oxygen atoms in total. The minimum Gasteiger partial charge on any atom is -0.482 e. The molecule has 2 saturated carbocycles. The fraction of sp³-hybridized carbons (Fsp3) is 0.615. The second-order valence-corrected chi connectivity index (χ2v) is 11.1. The maximum atomic E-state index is 13.5. The first-order valence-corrected chi connectivity index (χ1v) is 12.3. The molecule has 32 heavy (non-hydrogen) atoms. The number of nitrogens with zero attached hydrogens (tertiary/aromatic N) is 1. The zero-order chi connectivity index (χ0) is 22.9. The number of nitrogens with one attached hydrogen (secondary N) is 1. The van der Waals surface area contributed by atoms with Crippen molar-refractivity contribution in [1.29, 1.82) is 0 Å². The molecule has 1 N–H and O–H groups in total. The van der Waals surface area contributed by atoms with Crippen molar-refractivity contribution in [2.24, 2.45) is 11.3 Å². The fourth-order valence-electron chi connectivity index (χ4n) is 5.37. The van der Waals surface area contributed by atoms with Crippen LogP contribution in [-0.2, 0) is 14.3 Å². The molecule has 3 unspecified atom stereocenters. The predicted molar refractivity (Wildman–Crippen MR) is 127 cm³/mol. The van der Waals surface area contributed by atoms with Crippen LogP contribution in [0.1, 0.15) is 71.3 Å². The Labute approximate surface area is 196 Å². The van der Waals surface area contributed by atoms with Gasteiger partial charge in [0.1, 0.15) is 12.6 Å². The highest BCUT2D eigenvalue weighted by atomic mass is 35.5. The lowest BCUT2D eigenvalue weighted by atomic mass is 9.69. The third-order valence-corrected chi connectivity index (χ3v) is 7.58. The Kier molecular flexibility index (Phi) is 6.85. The van der Waals surface area contributed by atoms with E-state index in [1.807, 2.05) is 12.1 Å². The van der Waals surface area contributed by atoms with Gasteiger partial charge < -0.3 is 15.0 Å². The fourth-order valence-corrected chi connectivity index (χ4v) is 5.50. The molecule has 1 aromatic carbocycles. The van der Waals surface area contributed by atoms with Crippen LogP contribution in [0.4, 0.5) is 0 Å².